The van der Waals surface area contributed by atoms with Crippen molar-refractivity contribution in [3.63, 3.8) is 0 Å². The van der Waals surface area contributed by atoms with E-state index in [0.717, 1.165) is 10.3 Å². The normalized spacial score (nSPS) is 18.8. The average Bonchev–Trinajstić information content (AvgIpc) is 2.95. The van der Waals surface area contributed by atoms with Gasteiger partial charge < -0.3 is 26.8 Å². The second-order valence-corrected chi connectivity index (χ2v) is 12.4. The van der Waals surface area contributed by atoms with E-state index in [2.05, 4.69) is 5.32 Å². The van der Waals surface area contributed by atoms with Gasteiger partial charge in [0.25, 0.3) is 5.91 Å². The number of carboxylic acids is 1. The number of carboxylic acid groups (broad SMARTS) is 1. The zero-order valence-electron chi connectivity index (χ0n) is 22.5. The summed E-state index contributed by atoms with van der Waals surface area (Å²) in [6.45, 7) is 1.90. The van der Waals surface area contributed by atoms with Crippen LogP contribution in [0.4, 0.5) is 0 Å². The van der Waals surface area contributed by atoms with Crippen LogP contribution in [0.5, 0.6) is 0 Å². The number of likely N-dealkylation sites (tertiary alicyclic amines) is 1. The number of hydrogen-bond acceptors (Lipinski definition) is 7. The number of nitrogen functional groups attached to an aromatic ring is 1. The summed E-state index contributed by atoms with van der Waals surface area (Å²) >= 11 is 0. The smallest absolute Gasteiger partial charge is 0.326 e. The molecular formula is C29H33N5O6S. The van der Waals surface area contributed by atoms with Crippen LogP contribution in [0, 0.1) is 11.3 Å². The standard InChI is InChI=1S/C29H33N5O6S/c1-17-12-13-34(24(14-17)29(37)38)28(36)27(41(39,40)22-11-10-19-4-2-3-5-21(19)16-22)33-26(35)23(30)15-18-6-8-20(9-7-18)25(31)32/h2-11,16-17,23-24,27H,12-15,30H2,1H3,(H3,31,32)(H,33,35)(H,37,38)/t17?,23-,24?,27?/m0/s1. The van der Waals surface area contributed by atoms with Crippen molar-refractivity contribution in [2.24, 2.45) is 17.4 Å². The summed E-state index contributed by atoms with van der Waals surface area (Å²) < 4.78 is 27.9. The second-order valence-electron chi connectivity index (χ2n) is 10.4. The second kappa shape index (κ2) is 12.1. The maximum Gasteiger partial charge on any atom is 0.326 e. The molecule has 1 aliphatic rings. The van der Waals surface area contributed by atoms with Gasteiger partial charge in [0.15, 0.2) is 0 Å². The number of nitrogens with one attached hydrogen (secondary N) is 2. The number of nitrogens with zero attached hydrogens (tertiary/aromatic N) is 1. The molecule has 0 saturated carbocycles. The minimum absolute atomic E-state index is 0.0138. The van der Waals surface area contributed by atoms with Crippen molar-refractivity contribution in [2.75, 3.05) is 6.54 Å². The number of rotatable bonds is 9. The van der Waals surface area contributed by atoms with Crippen molar-refractivity contribution < 1.29 is 27.9 Å². The van der Waals surface area contributed by atoms with Gasteiger partial charge >= 0.3 is 5.97 Å². The van der Waals surface area contributed by atoms with Crippen LogP contribution in [0.2, 0.25) is 0 Å². The Morgan fingerprint density at radius 3 is 2.37 bits per heavy atom. The third-order valence-corrected chi connectivity index (χ3v) is 9.20. The number of carbonyl (C=O) groups is 3. The van der Waals surface area contributed by atoms with Gasteiger partial charge in [0.1, 0.15) is 11.9 Å². The third-order valence-electron chi connectivity index (χ3n) is 7.35. The fourth-order valence-corrected chi connectivity index (χ4v) is 6.44. The Hall–Kier alpha value is -4.29. The first-order valence-corrected chi connectivity index (χ1v) is 14.7. The average molecular weight is 580 g/mol. The number of amidine groups is 1. The van der Waals surface area contributed by atoms with Crippen LogP contribution in [-0.2, 0) is 30.6 Å². The molecule has 3 unspecified atom stereocenters. The first kappa shape index (κ1) is 29.7. The van der Waals surface area contributed by atoms with Crippen LogP contribution < -0.4 is 16.8 Å². The molecule has 0 aliphatic carbocycles. The summed E-state index contributed by atoms with van der Waals surface area (Å²) in [5.74, 6) is -3.26. The number of amides is 2. The highest BCUT2D eigenvalue weighted by Crippen LogP contribution is 2.27. The van der Waals surface area contributed by atoms with Crippen LogP contribution in [0.15, 0.2) is 71.6 Å². The van der Waals surface area contributed by atoms with Crippen LogP contribution in [0.25, 0.3) is 10.8 Å². The molecule has 11 nitrogen and oxygen atoms in total. The first-order valence-electron chi connectivity index (χ1n) is 13.1. The minimum atomic E-state index is -4.53. The zero-order chi connectivity index (χ0) is 29.9. The van der Waals surface area contributed by atoms with E-state index >= 15 is 0 Å². The molecule has 12 heteroatoms. The van der Waals surface area contributed by atoms with Crippen molar-refractivity contribution in [3.05, 3.63) is 77.9 Å². The summed E-state index contributed by atoms with van der Waals surface area (Å²) in [5.41, 5.74) is 12.7. The van der Waals surface area contributed by atoms with Crippen molar-refractivity contribution in [2.45, 2.75) is 48.5 Å². The van der Waals surface area contributed by atoms with Crippen LogP contribution in [-0.4, -0.2) is 66.0 Å². The molecule has 2 amide bonds. The number of benzene rings is 3. The molecule has 1 heterocycles. The van der Waals surface area contributed by atoms with E-state index < -0.39 is 45.1 Å². The molecule has 41 heavy (non-hydrogen) atoms. The molecule has 1 aliphatic heterocycles. The Bertz CT molecular complexity index is 1590. The molecule has 0 spiro atoms. The molecular weight excluding hydrogens is 546 g/mol. The number of nitrogens with two attached hydrogens (primary N) is 2. The van der Waals surface area contributed by atoms with Crippen molar-refractivity contribution in [1.82, 2.24) is 10.2 Å². The third kappa shape index (κ3) is 6.55. The molecule has 4 rings (SSSR count). The summed E-state index contributed by atoms with van der Waals surface area (Å²) in [6, 6.07) is 15.5. The van der Waals surface area contributed by atoms with Gasteiger partial charge in [-0.05, 0) is 53.6 Å². The Morgan fingerprint density at radius 1 is 1.07 bits per heavy atom. The fraction of sp³-hybridized carbons (Fsp3) is 0.310. The molecule has 216 valence electrons. The molecule has 0 bridgehead atoms. The number of aliphatic carboxylic acids is 1. The van der Waals surface area contributed by atoms with E-state index in [9.17, 15) is 27.9 Å². The Morgan fingerprint density at radius 2 is 1.73 bits per heavy atom. The van der Waals surface area contributed by atoms with Crippen molar-refractivity contribution in [3.8, 4) is 0 Å². The lowest BCUT2D eigenvalue weighted by Crippen LogP contribution is -2.60. The van der Waals surface area contributed by atoms with Gasteiger partial charge in [-0.1, -0.05) is 61.5 Å². The molecule has 3 aromatic carbocycles. The topological polar surface area (TPSA) is 197 Å². The monoisotopic (exact) mass is 579 g/mol. The van der Waals surface area contributed by atoms with Gasteiger partial charge in [0, 0.05) is 12.1 Å². The quantitative estimate of drug-likeness (QED) is 0.186. The predicted molar refractivity (Wildman–Crippen MR) is 154 cm³/mol. The lowest BCUT2D eigenvalue weighted by atomic mass is 9.92. The molecule has 1 fully saturated rings. The fourth-order valence-electron chi connectivity index (χ4n) is 4.95. The summed E-state index contributed by atoms with van der Waals surface area (Å²) in [4.78, 5) is 39.9. The number of fused-ring (bicyclic) bond motifs is 1. The molecule has 0 aromatic heterocycles. The molecule has 7 N–H and O–H groups in total. The van der Waals surface area contributed by atoms with Crippen LogP contribution in [0.3, 0.4) is 0 Å². The predicted octanol–water partition coefficient (Wildman–Crippen LogP) is 1.62. The maximum atomic E-state index is 13.9. The van der Waals surface area contributed by atoms with Crippen molar-refractivity contribution >= 4 is 44.2 Å². The summed E-state index contributed by atoms with van der Waals surface area (Å²) in [6.07, 6.45) is 0.662. The van der Waals surface area contributed by atoms with E-state index in [-0.39, 0.29) is 36.0 Å². The van der Waals surface area contributed by atoms with E-state index in [1.54, 1.807) is 42.5 Å². The number of piperidine rings is 1. The van der Waals surface area contributed by atoms with Crippen LogP contribution in [0.1, 0.15) is 30.9 Å². The van der Waals surface area contributed by atoms with Gasteiger partial charge in [0.05, 0.1) is 10.9 Å². The Balaban J connectivity index is 1.66. The van der Waals surface area contributed by atoms with Gasteiger partial charge in [-0.3, -0.25) is 15.0 Å². The minimum Gasteiger partial charge on any atom is -0.480 e. The van der Waals surface area contributed by atoms with E-state index in [1.807, 2.05) is 19.1 Å². The number of hydrogen-bond donors (Lipinski definition) is 5. The lowest BCUT2D eigenvalue weighted by molar-refractivity contribution is -0.153. The van der Waals surface area contributed by atoms with E-state index in [4.69, 9.17) is 16.9 Å². The SMILES string of the molecule is CC1CCN(C(=O)C(NC(=O)[C@@H](N)Cc2ccc(C(=N)N)cc2)S(=O)(=O)c2ccc3ccccc3c2)C(C(=O)O)C1. The highest BCUT2D eigenvalue weighted by molar-refractivity contribution is 7.92. The molecule has 0 radical (unpaired) electrons. The Labute approximate surface area is 237 Å². The van der Waals surface area contributed by atoms with Crippen molar-refractivity contribution in [1.29, 1.82) is 5.41 Å². The highest BCUT2D eigenvalue weighted by Gasteiger charge is 2.44. The van der Waals surface area contributed by atoms with Gasteiger partial charge in [0.2, 0.25) is 21.1 Å². The van der Waals surface area contributed by atoms with Gasteiger partial charge in [-0.25, -0.2) is 13.2 Å². The van der Waals surface area contributed by atoms with E-state index in [0.29, 0.717) is 22.9 Å². The van der Waals surface area contributed by atoms with Gasteiger partial charge in [-0.2, -0.15) is 0 Å². The van der Waals surface area contributed by atoms with Gasteiger partial charge in [-0.15, -0.1) is 0 Å². The molecule has 4 atom stereocenters. The van der Waals surface area contributed by atoms with Crippen LogP contribution >= 0.6 is 0 Å². The zero-order valence-corrected chi connectivity index (χ0v) is 23.3. The largest absolute Gasteiger partial charge is 0.480 e. The summed E-state index contributed by atoms with van der Waals surface area (Å²) in [7, 11) is -4.53. The molecule has 3 aromatic rings. The Kier molecular flexibility index (Phi) is 8.74. The summed E-state index contributed by atoms with van der Waals surface area (Å²) in [5, 5.41) is 19.0. The lowest BCUT2D eigenvalue weighted by Gasteiger charge is -2.37. The first-order chi connectivity index (χ1) is 19.4. The number of carbonyl (C=O) groups excluding carboxylic acids is 2. The molecule has 1 saturated heterocycles. The van der Waals surface area contributed by atoms with E-state index in [1.165, 1.54) is 12.1 Å². The number of sulfone groups is 1. The highest BCUT2D eigenvalue weighted by atomic mass is 32.2. The maximum absolute atomic E-state index is 13.9.